The first-order chi connectivity index (χ1) is 22.1. The average molecular weight is 639 g/mol. The Balaban J connectivity index is 1.28. The Labute approximate surface area is 268 Å². The van der Waals surface area contributed by atoms with Crippen LogP contribution in [0.4, 0.5) is 5.69 Å². The molecule has 0 unspecified atom stereocenters. The predicted octanol–water partition coefficient (Wildman–Crippen LogP) is 4.50. The molecule has 244 valence electrons. The quantitative estimate of drug-likeness (QED) is 0.144. The third kappa shape index (κ3) is 8.56. The minimum absolute atomic E-state index is 0.0250. The molecule has 1 fully saturated rings. The molecule has 11 nitrogen and oxygen atoms in total. The number of thiazole rings is 1. The first-order valence-electron chi connectivity index (χ1n) is 16.2. The summed E-state index contributed by atoms with van der Waals surface area (Å²) in [7, 11) is 0. The Morgan fingerprint density at radius 2 is 1.98 bits per heavy atom. The summed E-state index contributed by atoms with van der Waals surface area (Å²) in [5, 5.41) is 20.5. The summed E-state index contributed by atoms with van der Waals surface area (Å²) in [5.74, 6) is 0.729. The Bertz CT molecular complexity index is 1370. The number of benzene rings is 1. The second kappa shape index (κ2) is 16.6. The van der Waals surface area contributed by atoms with E-state index in [2.05, 4.69) is 20.6 Å². The van der Waals surface area contributed by atoms with Crippen LogP contribution in [0.2, 0.25) is 0 Å². The van der Waals surface area contributed by atoms with Gasteiger partial charge in [0, 0.05) is 55.2 Å². The molecule has 6 N–H and O–H groups in total. The highest BCUT2D eigenvalue weighted by Crippen LogP contribution is 2.47. The van der Waals surface area contributed by atoms with Gasteiger partial charge < -0.3 is 40.8 Å². The molecule has 3 atom stereocenters. The number of anilines is 1. The number of hydrogen-bond acceptors (Lipinski definition) is 9. The molecule has 3 heterocycles. The lowest BCUT2D eigenvalue weighted by Gasteiger charge is -2.42. The molecule has 0 radical (unpaired) electrons. The number of nitrogens with one attached hydrogen (secondary N) is 3. The van der Waals surface area contributed by atoms with E-state index in [9.17, 15) is 14.7 Å². The molecule has 1 saturated carbocycles. The van der Waals surface area contributed by atoms with Gasteiger partial charge in [-0.15, -0.1) is 11.3 Å². The fourth-order valence-electron chi connectivity index (χ4n) is 6.42. The summed E-state index contributed by atoms with van der Waals surface area (Å²) in [4.78, 5) is 35.6. The topological polar surface area (TPSA) is 155 Å². The standard InChI is InChI=1S/C33H46N6O5S/c34-15-7-1-2-12-28(40)35-16-18-43-19-20-44-27-11-6-3-8-23(27)32-31-25(22-37-33(31)42)38-24-9-4-5-10-26(24)39(32)30(41)14-13-29-36-17-21-45-29/h3,6,8,11,17,21-22,24,26,32,37-38,42H,1-2,4-5,7,9-10,12-16,18-20,34H2,(H,35,40)/t24-,26-,32-/m1/s1. The third-order valence-corrected chi connectivity index (χ3v) is 9.42. The van der Waals surface area contributed by atoms with E-state index in [-0.39, 0.29) is 29.8 Å². The van der Waals surface area contributed by atoms with Crippen molar-refractivity contribution in [3.8, 4) is 11.6 Å². The highest BCUT2D eigenvalue weighted by atomic mass is 32.1. The Morgan fingerprint density at radius 3 is 2.82 bits per heavy atom. The summed E-state index contributed by atoms with van der Waals surface area (Å²) >= 11 is 1.56. The number of para-hydroxylation sites is 1. The van der Waals surface area contributed by atoms with Crippen LogP contribution in [0, 0.1) is 0 Å². The van der Waals surface area contributed by atoms with Crippen LogP contribution in [0.1, 0.15) is 80.0 Å². The second-order valence-electron chi connectivity index (χ2n) is 11.6. The number of nitrogens with zero attached hydrogens (tertiary/aromatic N) is 2. The number of aryl methyl sites for hydroxylation is 1. The number of carbonyl (C=O) groups excluding carboxylic acids is 2. The van der Waals surface area contributed by atoms with Gasteiger partial charge in [-0.2, -0.15) is 0 Å². The lowest BCUT2D eigenvalue weighted by Crippen LogP contribution is -2.51. The highest BCUT2D eigenvalue weighted by molar-refractivity contribution is 7.09. The SMILES string of the molecule is NCCCCCC(=O)NCCOCCOc1ccccc1[C@@H]1c2c(c[nH]c2O)N[C@@H]2CCCC[C@H]2N1C(=O)CCc1nccs1. The smallest absolute Gasteiger partial charge is 0.224 e. The summed E-state index contributed by atoms with van der Waals surface area (Å²) < 4.78 is 12.0. The van der Waals surface area contributed by atoms with E-state index < -0.39 is 6.04 Å². The van der Waals surface area contributed by atoms with Gasteiger partial charge >= 0.3 is 0 Å². The summed E-state index contributed by atoms with van der Waals surface area (Å²) in [6.07, 6.45) is 11.7. The van der Waals surface area contributed by atoms with Gasteiger partial charge in [-0.3, -0.25) is 9.59 Å². The van der Waals surface area contributed by atoms with Gasteiger partial charge in [-0.1, -0.05) is 37.5 Å². The molecule has 45 heavy (non-hydrogen) atoms. The molecule has 2 amide bonds. The zero-order chi connectivity index (χ0) is 31.4. The maximum absolute atomic E-state index is 14.2. The van der Waals surface area contributed by atoms with E-state index in [1.54, 1.807) is 23.7 Å². The van der Waals surface area contributed by atoms with Crippen molar-refractivity contribution in [2.45, 2.75) is 82.3 Å². The van der Waals surface area contributed by atoms with Crippen LogP contribution in [0.3, 0.4) is 0 Å². The molecule has 0 bridgehead atoms. The number of aromatic hydroxyl groups is 1. The molecular weight excluding hydrogens is 592 g/mol. The molecule has 12 heteroatoms. The van der Waals surface area contributed by atoms with E-state index in [1.165, 1.54) is 0 Å². The number of carbonyl (C=O) groups is 2. The lowest BCUT2D eigenvalue weighted by molar-refractivity contribution is -0.136. The van der Waals surface area contributed by atoms with Crippen molar-refractivity contribution in [2.24, 2.45) is 5.73 Å². The maximum Gasteiger partial charge on any atom is 0.224 e. The molecule has 5 rings (SSSR count). The minimum Gasteiger partial charge on any atom is -0.494 e. The van der Waals surface area contributed by atoms with Crippen LogP contribution in [0.15, 0.2) is 42.0 Å². The number of rotatable bonds is 16. The number of hydrogen-bond donors (Lipinski definition) is 5. The molecule has 2 aliphatic rings. The van der Waals surface area contributed by atoms with Gasteiger partial charge in [0.15, 0.2) is 5.88 Å². The van der Waals surface area contributed by atoms with Gasteiger partial charge in [-0.25, -0.2) is 4.98 Å². The summed E-state index contributed by atoms with van der Waals surface area (Å²) in [6.45, 7) is 2.12. The zero-order valence-electron chi connectivity index (χ0n) is 25.8. The fraction of sp³-hybridized carbons (Fsp3) is 0.545. The number of nitrogens with two attached hydrogens (primary N) is 1. The lowest BCUT2D eigenvalue weighted by atomic mass is 9.87. The normalized spacial score (nSPS) is 19.2. The number of aromatic nitrogens is 2. The summed E-state index contributed by atoms with van der Waals surface area (Å²) in [6, 6.07) is 7.22. The van der Waals surface area contributed by atoms with E-state index in [0.717, 1.165) is 61.2 Å². The molecule has 1 aliphatic carbocycles. The van der Waals surface area contributed by atoms with Crippen LogP contribution < -0.4 is 21.1 Å². The van der Waals surface area contributed by atoms with Gasteiger partial charge in [-0.05, 0) is 38.3 Å². The second-order valence-corrected chi connectivity index (χ2v) is 12.6. The number of amides is 2. The highest BCUT2D eigenvalue weighted by Gasteiger charge is 2.44. The predicted molar refractivity (Wildman–Crippen MR) is 175 cm³/mol. The molecule has 1 aliphatic heterocycles. The van der Waals surface area contributed by atoms with Crippen LogP contribution in [-0.4, -0.2) is 76.8 Å². The average Bonchev–Trinajstić information content (AvgIpc) is 3.67. The monoisotopic (exact) mass is 638 g/mol. The van der Waals surface area contributed by atoms with Crippen molar-refractivity contribution in [1.82, 2.24) is 20.2 Å². The van der Waals surface area contributed by atoms with Crippen molar-refractivity contribution in [3.05, 3.63) is 58.2 Å². The van der Waals surface area contributed by atoms with E-state index in [1.807, 2.05) is 34.5 Å². The largest absolute Gasteiger partial charge is 0.494 e. The maximum atomic E-state index is 14.2. The molecule has 1 aromatic carbocycles. The molecule has 3 aromatic rings. The van der Waals surface area contributed by atoms with Crippen molar-refractivity contribution < 1.29 is 24.2 Å². The van der Waals surface area contributed by atoms with Crippen LogP contribution >= 0.6 is 11.3 Å². The molecule has 2 aromatic heterocycles. The molecule has 0 spiro atoms. The Morgan fingerprint density at radius 1 is 1.11 bits per heavy atom. The van der Waals surface area contributed by atoms with Crippen LogP contribution in [-0.2, 0) is 20.7 Å². The number of unbranched alkanes of at least 4 members (excludes halogenated alkanes) is 2. The number of H-pyrrole nitrogens is 1. The van der Waals surface area contributed by atoms with Crippen molar-refractivity contribution >= 4 is 28.8 Å². The van der Waals surface area contributed by atoms with Crippen molar-refractivity contribution in [2.75, 3.05) is 38.2 Å². The number of ether oxygens (including phenoxy) is 2. The Hall–Kier alpha value is -3.61. The van der Waals surface area contributed by atoms with Gasteiger partial charge in [0.05, 0.1) is 41.6 Å². The van der Waals surface area contributed by atoms with Crippen LogP contribution in [0.5, 0.6) is 11.6 Å². The van der Waals surface area contributed by atoms with Crippen molar-refractivity contribution in [1.29, 1.82) is 0 Å². The molecular formula is C33H46N6O5S. The number of fused-ring (bicyclic) bond motifs is 2. The first-order valence-corrected chi connectivity index (χ1v) is 17.1. The zero-order valence-corrected chi connectivity index (χ0v) is 26.7. The minimum atomic E-state index is -0.548. The van der Waals surface area contributed by atoms with E-state index >= 15 is 0 Å². The number of aromatic amines is 1. The fourth-order valence-corrected chi connectivity index (χ4v) is 7.04. The summed E-state index contributed by atoms with van der Waals surface area (Å²) in [5.41, 5.74) is 7.77. The van der Waals surface area contributed by atoms with Gasteiger partial charge in [0.1, 0.15) is 12.4 Å². The van der Waals surface area contributed by atoms with Gasteiger partial charge in [0.25, 0.3) is 0 Å². The van der Waals surface area contributed by atoms with Crippen LogP contribution in [0.25, 0.3) is 0 Å². The Kier molecular flexibility index (Phi) is 12.1. The van der Waals surface area contributed by atoms with E-state index in [4.69, 9.17) is 15.2 Å². The third-order valence-electron chi connectivity index (χ3n) is 8.58. The van der Waals surface area contributed by atoms with E-state index in [0.29, 0.717) is 63.5 Å². The van der Waals surface area contributed by atoms with Crippen molar-refractivity contribution in [3.63, 3.8) is 0 Å². The first kappa shape index (κ1) is 32.8. The van der Waals surface area contributed by atoms with Gasteiger partial charge in [0.2, 0.25) is 11.8 Å². The molecule has 0 saturated heterocycles.